The summed E-state index contributed by atoms with van der Waals surface area (Å²) < 4.78 is 0. The summed E-state index contributed by atoms with van der Waals surface area (Å²) in [7, 11) is 0. The molecule has 0 saturated carbocycles. The smallest absolute Gasteiger partial charge is 0.271 e. The van der Waals surface area contributed by atoms with E-state index >= 15 is 0 Å². The van der Waals surface area contributed by atoms with Gasteiger partial charge in [0.2, 0.25) is 0 Å². The molecule has 0 spiro atoms. The lowest BCUT2D eigenvalue weighted by molar-refractivity contribution is -0.385. The Kier molecular flexibility index (Phi) is 4.17. The van der Waals surface area contributed by atoms with Gasteiger partial charge in [-0.3, -0.25) is 25.1 Å². The number of anilines is 2. The van der Waals surface area contributed by atoms with Gasteiger partial charge in [-0.1, -0.05) is 35.5 Å². The fourth-order valence-electron chi connectivity index (χ4n) is 2.90. The minimum absolute atomic E-state index is 0.0990. The van der Waals surface area contributed by atoms with Crippen molar-refractivity contribution in [3.8, 4) is 5.75 Å². The highest BCUT2D eigenvalue weighted by Crippen LogP contribution is 2.40. The summed E-state index contributed by atoms with van der Waals surface area (Å²) >= 11 is 0. The van der Waals surface area contributed by atoms with Crippen LogP contribution in [0.5, 0.6) is 5.75 Å². The number of amidine groups is 1. The second-order valence-electron chi connectivity index (χ2n) is 5.89. The molecule has 0 amide bonds. The Morgan fingerprint density at radius 3 is 2.25 bits per heavy atom. The van der Waals surface area contributed by atoms with Gasteiger partial charge in [0.1, 0.15) is 5.69 Å². The summed E-state index contributed by atoms with van der Waals surface area (Å²) in [6.07, 6.45) is 0. The molecule has 0 fully saturated rings. The summed E-state index contributed by atoms with van der Waals surface area (Å²) in [5, 5.41) is 26.5. The van der Waals surface area contributed by atoms with Gasteiger partial charge in [-0.15, -0.1) is 0 Å². The zero-order valence-electron chi connectivity index (χ0n) is 14.3. The van der Waals surface area contributed by atoms with Crippen molar-refractivity contribution >= 4 is 28.6 Å². The molecule has 1 aliphatic rings. The highest BCUT2D eigenvalue weighted by Gasteiger charge is 2.29. The van der Waals surface area contributed by atoms with Gasteiger partial charge in [0.25, 0.3) is 11.4 Å². The van der Waals surface area contributed by atoms with Crippen LogP contribution in [0.1, 0.15) is 5.56 Å². The second-order valence-corrected chi connectivity index (χ2v) is 5.89. The van der Waals surface area contributed by atoms with Crippen molar-refractivity contribution in [2.45, 2.75) is 0 Å². The van der Waals surface area contributed by atoms with E-state index in [-0.39, 0.29) is 17.2 Å². The predicted molar refractivity (Wildman–Crippen MR) is 102 cm³/mol. The summed E-state index contributed by atoms with van der Waals surface area (Å²) in [5.41, 5.74) is 1.33. The molecular formula is C19H12N4O5. The van der Waals surface area contributed by atoms with Gasteiger partial charge in [-0.25, -0.2) is 0 Å². The third kappa shape index (κ3) is 3.01. The Morgan fingerprint density at radius 1 is 0.821 bits per heavy atom. The van der Waals surface area contributed by atoms with Crippen molar-refractivity contribution in [1.82, 2.24) is 0 Å². The molecule has 138 valence electrons. The number of oxime groups is 1. The van der Waals surface area contributed by atoms with E-state index in [0.717, 1.165) is 0 Å². The number of nitrogens with zero attached hydrogens (tertiary/aromatic N) is 4. The normalized spacial score (nSPS) is 12.6. The van der Waals surface area contributed by atoms with Gasteiger partial charge >= 0.3 is 0 Å². The quantitative estimate of drug-likeness (QED) is 0.493. The number of hydrogen-bond donors (Lipinski definition) is 0. The Morgan fingerprint density at radius 2 is 1.54 bits per heavy atom. The topological polar surface area (TPSA) is 111 Å². The number of benzene rings is 3. The molecule has 0 atom stereocenters. The fourth-order valence-corrected chi connectivity index (χ4v) is 2.90. The maximum atomic E-state index is 11.2. The van der Waals surface area contributed by atoms with Gasteiger partial charge in [0, 0.05) is 35.5 Å². The highest BCUT2D eigenvalue weighted by atomic mass is 16.6. The molecule has 1 aliphatic heterocycles. The van der Waals surface area contributed by atoms with Crippen LogP contribution in [0.3, 0.4) is 0 Å². The standard InChI is InChI=1S/C19H12N4O5/c24-22(25)15-8-4-5-13(11-15)19-20-28-18-10-9-16(23(26)27)12-17(18)21(19)14-6-2-1-3-7-14/h1-12H. The Hall–Kier alpha value is -4.27. The molecule has 0 radical (unpaired) electrons. The van der Waals surface area contributed by atoms with Gasteiger partial charge in [-0.05, 0) is 18.2 Å². The van der Waals surface area contributed by atoms with E-state index in [9.17, 15) is 20.2 Å². The summed E-state index contributed by atoms with van der Waals surface area (Å²) in [4.78, 5) is 28.5. The predicted octanol–water partition coefficient (Wildman–Crippen LogP) is 4.40. The van der Waals surface area contributed by atoms with E-state index in [4.69, 9.17) is 4.84 Å². The van der Waals surface area contributed by atoms with Crippen molar-refractivity contribution in [2.75, 3.05) is 4.90 Å². The molecule has 0 N–H and O–H groups in total. The third-order valence-corrected chi connectivity index (χ3v) is 4.17. The number of rotatable bonds is 4. The third-order valence-electron chi connectivity index (χ3n) is 4.17. The summed E-state index contributed by atoms with van der Waals surface area (Å²) in [6.45, 7) is 0. The van der Waals surface area contributed by atoms with Crippen LogP contribution in [-0.4, -0.2) is 15.7 Å². The summed E-state index contributed by atoms with van der Waals surface area (Å²) in [5.74, 6) is 0.617. The lowest BCUT2D eigenvalue weighted by Crippen LogP contribution is -2.30. The molecule has 0 saturated heterocycles. The minimum Gasteiger partial charge on any atom is -0.353 e. The first kappa shape index (κ1) is 17.2. The molecular weight excluding hydrogens is 364 g/mol. The first-order valence-corrected chi connectivity index (χ1v) is 8.18. The summed E-state index contributed by atoms with van der Waals surface area (Å²) in [6, 6.07) is 19.2. The minimum atomic E-state index is -0.501. The van der Waals surface area contributed by atoms with Crippen LogP contribution in [0.4, 0.5) is 22.7 Å². The molecule has 0 aromatic heterocycles. The highest BCUT2D eigenvalue weighted by molar-refractivity contribution is 6.15. The van der Waals surface area contributed by atoms with Gasteiger partial charge in [0.05, 0.1) is 9.85 Å². The number of hydrogen-bond acceptors (Lipinski definition) is 7. The number of nitro groups is 2. The largest absolute Gasteiger partial charge is 0.353 e. The van der Waals surface area contributed by atoms with E-state index < -0.39 is 9.85 Å². The molecule has 0 unspecified atom stereocenters. The molecule has 9 nitrogen and oxygen atoms in total. The molecule has 1 heterocycles. The van der Waals surface area contributed by atoms with Crippen LogP contribution in [0.15, 0.2) is 78.0 Å². The average molecular weight is 376 g/mol. The van der Waals surface area contributed by atoms with Gasteiger partial charge in [0.15, 0.2) is 11.6 Å². The van der Waals surface area contributed by atoms with Crippen molar-refractivity contribution in [3.05, 3.63) is 98.6 Å². The second kappa shape index (κ2) is 6.80. The number of nitro benzene ring substituents is 2. The monoisotopic (exact) mass is 376 g/mol. The fraction of sp³-hybridized carbons (Fsp3) is 0. The first-order valence-electron chi connectivity index (χ1n) is 8.18. The van der Waals surface area contributed by atoms with Crippen LogP contribution >= 0.6 is 0 Å². The van der Waals surface area contributed by atoms with Crippen molar-refractivity contribution < 1.29 is 14.7 Å². The average Bonchev–Trinajstić information content (AvgIpc) is 2.73. The van der Waals surface area contributed by atoms with Crippen LogP contribution < -0.4 is 9.74 Å². The van der Waals surface area contributed by atoms with E-state index in [1.807, 2.05) is 18.2 Å². The van der Waals surface area contributed by atoms with Crippen LogP contribution in [0, 0.1) is 20.2 Å². The van der Waals surface area contributed by atoms with Crippen LogP contribution in [-0.2, 0) is 0 Å². The maximum Gasteiger partial charge on any atom is 0.271 e. The molecule has 3 aromatic rings. The van der Waals surface area contributed by atoms with Gasteiger partial charge in [-0.2, -0.15) is 0 Å². The van der Waals surface area contributed by atoms with E-state index in [1.54, 1.807) is 29.2 Å². The SMILES string of the molecule is O=[N+]([O-])c1cccc(C2=NOc3ccc([N+](=O)[O-])cc3N2c2ccccc2)c1. The maximum absolute atomic E-state index is 11.2. The lowest BCUT2D eigenvalue weighted by Gasteiger charge is -2.30. The van der Waals surface area contributed by atoms with Gasteiger partial charge < -0.3 is 4.84 Å². The molecule has 4 rings (SSSR count). The zero-order chi connectivity index (χ0) is 19.7. The zero-order valence-corrected chi connectivity index (χ0v) is 14.3. The number of para-hydroxylation sites is 1. The van der Waals surface area contributed by atoms with E-state index in [0.29, 0.717) is 22.7 Å². The van der Waals surface area contributed by atoms with Crippen LogP contribution in [0.2, 0.25) is 0 Å². The van der Waals surface area contributed by atoms with Crippen LogP contribution in [0.25, 0.3) is 0 Å². The molecule has 0 aliphatic carbocycles. The number of fused-ring (bicyclic) bond motifs is 1. The van der Waals surface area contributed by atoms with Crippen molar-refractivity contribution in [1.29, 1.82) is 0 Å². The van der Waals surface area contributed by atoms with Crippen molar-refractivity contribution in [2.24, 2.45) is 5.16 Å². The lowest BCUT2D eigenvalue weighted by atomic mass is 10.1. The number of non-ortho nitro benzene ring substituents is 2. The Balaban J connectivity index is 1.90. The molecule has 9 heteroatoms. The molecule has 3 aromatic carbocycles. The Labute approximate surface area is 158 Å². The molecule has 28 heavy (non-hydrogen) atoms. The Bertz CT molecular complexity index is 1110. The first-order chi connectivity index (χ1) is 13.5. The van der Waals surface area contributed by atoms with E-state index in [1.165, 1.54) is 30.3 Å². The molecule has 0 bridgehead atoms. The van der Waals surface area contributed by atoms with E-state index in [2.05, 4.69) is 5.16 Å². The van der Waals surface area contributed by atoms with Crippen molar-refractivity contribution in [3.63, 3.8) is 0 Å².